The van der Waals surface area contributed by atoms with E-state index in [1.807, 2.05) is 6.92 Å². The monoisotopic (exact) mass is 256 g/mol. The fraction of sp³-hybridized carbons (Fsp3) is 0.929. The van der Waals surface area contributed by atoms with Gasteiger partial charge in [0.15, 0.2) is 0 Å². The third-order valence-corrected chi connectivity index (χ3v) is 3.91. The second-order valence-corrected chi connectivity index (χ2v) is 5.45. The third-order valence-electron chi connectivity index (χ3n) is 3.91. The Balaban J connectivity index is 2.43. The van der Waals surface area contributed by atoms with E-state index in [-0.39, 0.29) is 5.97 Å². The van der Waals surface area contributed by atoms with Crippen LogP contribution in [0.15, 0.2) is 0 Å². The Labute approximate surface area is 111 Å². The van der Waals surface area contributed by atoms with Gasteiger partial charge in [-0.05, 0) is 39.7 Å². The highest BCUT2D eigenvalue weighted by Gasteiger charge is 2.31. The number of ether oxygens (including phenoxy) is 1. The van der Waals surface area contributed by atoms with Crippen molar-refractivity contribution in [1.82, 2.24) is 4.90 Å². The lowest BCUT2D eigenvalue weighted by Gasteiger charge is -2.31. The van der Waals surface area contributed by atoms with E-state index in [0.29, 0.717) is 19.1 Å². The standard InChI is InChI=1S/C14H28N2O2/c1-4-16(12-8-6-7-9-12)11-10-14(3,15)13(17)18-5-2/h12H,4-11,15H2,1-3H3. The summed E-state index contributed by atoms with van der Waals surface area (Å²) in [6.45, 7) is 8.07. The van der Waals surface area contributed by atoms with Gasteiger partial charge >= 0.3 is 5.97 Å². The molecule has 0 aromatic heterocycles. The molecule has 1 rings (SSSR count). The predicted molar refractivity (Wildman–Crippen MR) is 73.3 cm³/mol. The summed E-state index contributed by atoms with van der Waals surface area (Å²) < 4.78 is 5.02. The minimum Gasteiger partial charge on any atom is -0.465 e. The highest BCUT2D eigenvalue weighted by molar-refractivity contribution is 5.79. The zero-order chi connectivity index (χ0) is 13.6. The number of rotatable bonds is 7. The number of hydrogen-bond donors (Lipinski definition) is 1. The van der Waals surface area contributed by atoms with Crippen LogP contribution in [-0.4, -0.2) is 42.1 Å². The molecule has 0 aliphatic heterocycles. The molecule has 0 heterocycles. The molecule has 2 N–H and O–H groups in total. The average molecular weight is 256 g/mol. The summed E-state index contributed by atoms with van der Waals surface area (Å²) in [6.07, 6.45) is 5.90. The highest BCUT2D eigenvalue weighted by Crippen LogP contribution is 2.24. The fourth-order valence-electron chi connectivity index (χ4n) is 2.64. The zero-order valence-electron chi connectivity index (χ0n) is 12.1. The van der Waals surface area contributed by atoms with Crippen LogP contribution >= 0.6 is 0 Å². The molecule has 18 heavy (non-hydrogen) atoms. The van der Waals surface area contributed by atoms with E-state index in [9.17, 15) is 4.79 Å². The van der Waals surface area contributed by atoms with Crippen molar-refractivity contribution in [2.75, 3.05) is 19.7 Å². The number of esters is 1. The molecule has 0 aromatic carbocycles. The van der Waals surface area contributed by atoms with Crippen molar-refractivity contribution < 1.29 is 9.53 Å². The fourth-order valence-corrected chi connectivity index (χ4v) is 2.64. The van der Waals surface area contributed by atoms with E-state index < -0.39 is 5.54 Å². The van der Waals surface area contributed by atoms with Gasteiger partial charge in [0, 0.05) is 12.6 Å². The van der Waals surface area contributed by atoms with Gasteiger partial charge in [0.25, 0.3) is 0 Å². The smallest absolute Gasteiger partial charge is 0.325 e. The van der Waals surface area contributed by atoms with Crippen LogP contribution in [0.25, 0.3) is 0 Å². The number of nitrogens with zero attached hydrogens (tertiary/aromatic N) is 1. The maximum Gasteiger partial charge on any atom is 0.325 e. The molecule has 1 aliphatic rings. The molecule has 0 aromatic rings. The first-order valence-corrected chi connectivity index (χ1v) is 7.21. The van der Waals surface area contributed by atoms with Crippen molar-refractivity contribution in [2.45, 2.75) is 64.5 Å². The number of carbonyl (C=O) groups is 1. The Morgan fingerprint density at radius 2 is 2.00 bits per heavy atom. The van der Waals surface area contributed by atoms with Crippen molar-refractivity contribution in [3.8, 4) is 0 Å². The van der Waals surface area contributed by atoms with Crippen LogP contribution < -0.4 is 5.73 Å². The van der Waals surface area contributed by atoms with E-state index in [1.165, 1.54) is 25.7 Å². The topological polar surface area (TPSA) is 55.6 Å². The lowest BCUT2D eigenvalue weighted by molar-refractivity contribution is -0.149. The molecule has 1 atom stereocenters. The lowest BCUT2D eigenvalue weighted by atomic mass is 9.98. The van der Waals surface area contributed by atoms with Crippen LogP contribution in [0.1, 0.15) is 52.9 Å². The van der Waals surface area contributed by atoms with Gasteiger partial charge in [-0.3, -0.25) is 4.79 Å². The summed E-state index contributed by atoms with van der Waals surface area (Å²) in [5.74, 6) is -0.285. The lowest BCUT2D eigenvalue weighted by Crippen LogP contribution is -2.49. The summed E-state index contributed by atoms with van der Waals surface area (Å²) >= 11 is 0. The van der Waals surface area contributed by atoms with Crippen molar-refractivity contribution >= 4 is 5.97 Å². The maximum atomic E-state index is 11.7. The first-order valence-electron chi connectivity index (χ1n) is 7.21. The Morgan fingerprint density at radius 3 is 2.50 bits per heavy atom. The molecule has 0 radical (unpaired) electrons. The molecular weight excluding hydrogens is 228 g/mol. The Bertz CT molecular complexity index is 261. The first kappa shape index (κ1) is 15.4. The van der Waals surface area contributed by atoms with E-state index >= 15 is 0 Å². The van der Waals surface area contributed by atoms with Crippen LogP contribution in [0.4, 0.5) is 0 Å². The van der Waals surface area contributed by atoms with Crippen LogP contribution in [0.5, 0.6) is 0 Å². The quantitative estimate of drug-likeness (QED) is 0.707. The average Bonchev–Trinajstić information content (AvgIpc) is 2.84. The maximum absolute atomic E-state index is 11.7. The molecule has 0 amide bonds. The van der Waals surface area contributed by atoms with Crippen molar-refractivity contribution in [1.29, 1.82) is 0 Å². The van der Waals surface area contributed by atoms with Crippen molar-refractivity contribution in [3.63, 3.8) is 0 Å². The molecule has 0 saturated heterocycles. The molecular formula is C14H28N2O2. The summed E-state index contributed by atoms with van der Waals surface area (Å²) in [4.78, 5) is 14.2. The Hall–Kier alpha value is -0.610. The van der Waals surface area contributed by atoms with E-state index in [0.717, 1.165) is 13.1 Å². The normalized spacial score (nSPS) is 20.1. The number of hydrogen-bond acceptors (Lipinski definition) is 4. The SMILES string of the molecule is CCOC(=O)C(C)(N)CCN(CC)C1CCCC1. The molecule has 1 aliphatic carbocycles. The van der Waals surface area contributed by atoms with E-state index in [1.54, 1.807) is 6.92 Å². The highest BCUT2D eigenvalue weighted by atomic mass is 16.5. The number of carbonyl (C=O) groups excluding carboxylic acids is 1. The van der Waals surface area contributed by atoms with Gasteiger partial charge in [-0.2, -0.15) is 0 Å². The first-order chi connectivity index (χ1) is 8.51. The molecule has 0 bridgehead atoms. The van der Waals surface area contributed by atoms with Gasteiger partial charge in [-0.1, -0.05) is 19.8 Å². The molecule has 4 heteroatoms. The minimum absolute atomic E-state index is 0.285. The molecule has 0 spiro atoms. The minimum atomic E-state index is -0.859. The van der Waals surface area contributed by atoms with Crippen LogP contribution in [0.3, 0.4) is 0 Å². The zero-order valence-corrected chi connectivity index (χ0v) is 12.1. The Kier molecular flexibility index (Phi) is 6.09. The van der Waals surface area contributed by atoms with Crippen molar-refractivity contribution in [2.24, 2.45) is 5.73 Å². The van der Waals surface area contributed by atoms with Gasteiger partial charge in [-0.25, -0.2) is 0 Å². The van der Waals surface area contributed by atoms with Crippen LogP contribution in [0.2, 0.25) is 0 Å². The number of nitrogens with two attached hydrogens (primary N) is 1. The second kappa shape index (κ2) is 7.10. The van der Waals surface area contributed by atoms with Gasteiger partial charge in [0.05, 0.1) is 6.61 Å². The van der Waals surface area contributed by atoms with Gasteiger partial charge in [0.1, 0.15) is 5.54 Å². The summed E-state index contributed by atoms with van der Waals surface area (Å²) in [5, 5.41) is 0. The van der Waals surface area contributed by atoms with Gasteiger partial charge < -0.3 is 15.4 Å². The second-order valence-electron chi connectivity index (χ2n) is 5.45. The van der Waals surface area contributed by atoms with Gasteiger partial charge in [0.2, 0.25) is 0 Å². The van der Waals surface area contributed by atoms with E-state index in [2.05, 4.69) is 11.8 Å². The van der Waals surface area contributed by atoms with Crippen LogP contribution in [0, 0.1) is 0 Å². The Morgan fingerprint density at radius 1 is 1.39 bits per heavy atom. The van der Waals surface area contributed by atoms with Gasteiger partial charge in [-0.15, -0.1) is 0 Å². The van der Waals surface area contributed by atoms with E-state index in [4.69, 9.17) is 10.5 Å². The third kappa shape index (κ3) is 4.25. The summed E-state index contributed by atoms with van der Waals surface area (Å²) in [6, 6.07) is 0.688. The molecule has 106 valence electrons. The summed E-state index contributed by atoms with van der Waals surface area (Å²) in [5.41, 5.74) is 5.19. The van der Waals surface area contributed by atoms with Crippen molar-refractivity contribution in [3.05, 3.63) is 0 Å². The largest absolute Gasteiger partial charge is 0.465 e. The van der Waals surface area contributed by atoms with Crippen LogP contribution in [-0.2, 0) is 9.53 Å². The molecule has 4 nitrogen and oxygen atoms in total. The molecule has 1 unspecified atom stereocenters. The molecule has 1 saturated carbocycles. The summed E-state index contributed by atoms with van der Waals surface area (Å²) in [7, 11) is 0. The molecule has 1 fully saturated rings. The predicted octanol–water partition coefficient (Wildman–Crippen LogP) is 1.92.